The fourth-order valence-electron chi connectivity index (χ4n) is 1.43. The number of nitrogens with zero attached hydrogens (tertiary/aromatic N) is 1. The minimum atomic E-state index is 0.192. The second kappa shape index (κ2) is 2.60. The quantitative estimate of drug-likeness (QED) is 0.538. The highest BCUT2D eigenvalue weighted by atomic mass is 16.2. The van der Waals surface area contributed by atoms with E-state index >= 15 is 0 Å². The molecule has 0 bridgehead atoms. The topological polar surface area (TPSA) is 20.3 Å². The SMILES string of the molecule is CC(=O)N(C)C1CC(C)C1. The van der Waals surface area contributed by atoms with Crippen molar-refractivity contribution < 1.29 is 4.79 Å². The van der Waals surface area contributed by atoms with Crippen molar-refractivity contribution in [3.63, 3.8) is 0 Å². The number of hydrogen-bond donors (Lipinski definition) is 0. The summed E-state index contributed by atoms with van der Waals surface area (Å²) < 4.78 is 0. The lowest BCUT2D eigenvalue weighted by molar-refractivity contribution is -0.131. The summed E-state index contributed by atoms with van der Waals surface area (Å²) in [5, 5.41) is 0. The van der Waals surface area contributed by atoms with Gasteiger partial charge >= 0.3 is 0 Å². The van der Waals surface area contributed by atoms with Gasteiger partial charge < -0.3 is 4.90 Å². The molecular weight excluding hydrogens is 126 g/mol. The zero-order valence-electron chi connectivity index (χ0n) is 6.92. The van der Waals surface area contributed by atoms with Crippen molar-refractivity contribution in [3.05, 3.63) is 0 Å². The third-order valence-electron chi connectivity index (χ3n) is 2.39. The minimum absolute atomic E-state index is 0.192. The van der Waals surface area contributed by atoms with E-state index in [0.29, 0.717) is 6.04 Å². The minimum Gasteiger partial charge on any atom is -0.343 e. The lowest BCUT2D eigenvalue weighted by Crippen LogP contribution is -2.43. The summed E-state index contributed by atoms with van der Waals surface area (Å²) in [7, 11) is 1.89. The molecule has 1 aliphatic rings. The number of rotatable bonds is 1. The maximum absolute atomic E-state index is 10.8. The van der Waals surface area contributed by atoms with Crippen LogP contribution in [-0.4, -0.2) is 23.9 Å². The molecule has 1 rings (SSSR count). The summed E-state index contributed by atoms with van der Waals surface area (Å²) >= 11 is 0. The molecular formula is C8H15NO. The molecule has 10 heavy (non-hydrogen) atoms. The Hall–Kier alpha value is -0.530. The Kier molecular flexibility index (Phi) is 1.97. The van der Waals surface area contributed by atoms with Crippen molar-refractivity contribution in [1.29, 1.82) is 0 Å². The Morgan fingerprint density at radius 1 is 1.50 bits per heavy atom. The van der Waals surface area contributed by atoms with Gasteiger partial charge in [0.15, 0.2) is 0 Å². The van der Waals surface area contributed by atoms with E-state index in [1.54, 1.807) is 6.92 Å². The number of carbonyl (C=O) groups is 1. The van der Waals surface area contributed by atoms with Crippen LogP contribution >= 0.6 is 0 Å². The fraction of sp³-hybridized carbons (Fsp3) is 0.875. The van der Waals surface area contributed by atoms with Crippen LogP contribution < -0.4 is 0 Å². The Balaban J connectivity index is 2.31. The average Bonchev–Trinajstić information content (AvgIpc) is 1.79. The van der Waals surface area contributed by atoms with Gasteiger partial charge in [-0.25, -0.2) is 0 Å². The summed E-state index contributed by atoms with van der Waals surface area (Å²) in [6.07, 6.45) is 2.38. The first kappa shape index (κ1) is 7.58. The van der Waals surface area contributed by atoms with E-state index in [4.69, 9.17) is 0 Å². The van der Waals surface area contributed by atoms with E-state index in [1.165, 1.54) is 12.8 Å². The lowest BCUT2D eigenvalue weighted by atomic mass is 9.81. The van der Waals surface area contributed by atoms with Crippen LogP contribution in [0.25, 0.3) is 0 Å². The standard InChI is InChI=1S/C8H15NO/c1-6-4-8(5-6)9(3)7(2)10/h6,8H,4-5H2,1-3H3. The van der Waals surface area contributed by atoms with Crippen molar-refractivity contribution >= 4 is 5.91 Å². The molecule has 2 nitrogen and oxygen atoms in total. The van der Waals surface area contributed by atoms with Crippen LogP contribution in [0.3, 0.4) is 0 Å². The smallest absolute Gasteiger partial charge is 0.219 e. The summed E-state index contributed by atoms with van der Waals surface area (Å²) in [5.74, 6) is 1.02. The first-order valence-electron chi connectivity index (χ1n) is 3.84. The first-order chi connectivity index (χ1) is 4.61. The van der Waals surface area contributed by atoms with E-state index in [-0.39, 0.29) is 5.91 Å². The Labute approximate surface area is 62.2 Å². The molecule has 0 N–H and O–H groups in total. The van der Waals surface area contributed by atoms with Gasteiger partial charge in [0.25, 0.3) is 0 Å². The highest BCUT2D eigenvalue weighted by Gasteiger charge is 2.29. The van der Waals surface area contributed by atoms with Crippen molar-refractivity contribution in [3.8, 4) is 0 Å². The van der Waals surface area contributed by atoms with Crippen LogP contribution in [0, 0.1) is 5.92 Å². The lowest BCUT2D eigenvalue weighted by Gasteiger charge is -2.39. The highest BCUT2D eigenvalue weighted by molar-refractivity contribution is 5.73. The first-order valence-corrected chi connectivity index (χ1v) is 3.84. The molecule has 0 aromatic heterocycles. The van der Waals surface area contributed by atoms with E-state index in [1.807, 2.05) is 11.9 Å². The van der Waals surface area contributed by atoms with Gasteiger partial charge in [-0.05, 0) is 18.8 Å². The molecule has 1 fully saturated rings. The molecule has 0 spiro atoms. The van der Waals surface area contributed by atoms with Gasteiger partial charge in [0, 0.05) is 20.0 Å². The average molecular weight is 141 g/mol. The third-order valence-corrected chi connectivity index (χ3v) is 2.39. The zero-order valence-corrected chi connectivity index (χ0v) is 6.92. The molecule has 0 unspecified atom stereocenters. The molecule has 1 aliphatic carbocycles. The Bertz CT molecular complexity index is 138. The Morgan fingerprint density at radius 2 is 2.00 bits per heavy atom. The molecule has 0 aromatic rings. The molecule has 58 valence electrons. The van der Waals surface area contributed by atoms with Crippen LogP contribution in [0.5, 0.6) is 0 Å². The summed E-state index contributed by atoms with van der Waals surface area (Å²) in [5.41, 5.74) is 0. The van der Waals surface area contributed by atoms with E-state index < -0.39 is 0 Å². The second-order valence-electron chi connectivity index (χ2n) is 3.36. The molecule has 0 atom stereocenters. The van der Waals surface area contributed by atoms with E-state index in [2.05, 4.69) is 6.92 Å². The third kappa shape index (κ3) is 1.31. The number of carbonyl (C=O) groups excluding carboxylic acids is 1. The predicted octanol–water partition coefficient (Wildman–Crippen LogP) is 1.26. The van der Waals surface area contributed by atoms with Gasteiger partial charge in [-0.3, -0.25) is 4.79 Å². The maximum Gasteiger partial charge on any atom is 0.219 e. The van der Waals surface area contributed by atoms with Crippen LogP contribution in [0.15, 0.2) is 0 Å². The molecule has 2 heteroatoms. The van der Waals surface area contributed by atoms with Gasteiger partial charge in [0.1, 0.15) is 0 Å². The monoisotopic (exact) mass is 141 g/mol. The highest BCUT2D eigenvalue weighted by Crippen LogP contribution is 2.30. The van der Waals surface area contributed by atoms with E-state index in [0.717, 1.165) is 5.92 Å². The normalized spacial score (nSPS) is 31.1. The van der Waals surface area contributed by atoms with E-state index in [9.17, 15) is 4.79 Å². The summed E-state index contributed by atoms with van der Waals surface area (Å²) in [6.45, 7) is 3.85. The molecule has 1 amide bonds. The Morgan fingerprint density at radius 3 is 2.30 bits per heavy atom. The largest absolute Gasteiger partial charge is 0.343 e. The maximum atomic E-state index is 10.8. The predicted molar refractivity (Wildman–Crippen MR) is 40.6 cm³/mol. The van der Waals surface area contributed by atoms with Crippen LogP contribution in [-0.2, 0) is 4.79 Å². The van der Waals surface area contributed by atoms with Crippen LogP contribution in [0.2, 0.25) is 0 Å². The van der Waals surface area contributed by atoms with Crippen molar-refractivity contribution in [2.45, 2.75) is 32.7 Å². The molecule has 0 radical (unpaired) electrons. The number of hydrogen-bond acceptors (Lipinski definition) is 1. The van der Waals surface area contributed by atoms with Gasteiger partial charge in [-0.15, -0.1) is 0 Å². The van der Waals surface area contributed by atoms with Crippen molar-refractivity contribution in [1.82, 2.24) is 4.90 Å². The van der Waals surface area contributed by atoms with Crippen molar-refractivity contribution in [2.75, 3.05) is 7.05 Å². The molecule has 1 saturated carbocycles. The second-order valence-corrected chi connectivity index (χ2v) is 3.36. The fourth-order valence-corrected chi connectivity index (χ4v) is 1.43. The molecule has 0 aromatic carbocycles. The molecule has 0 heterocycles. The zero-order chi connectivity index (χ0) is 7.72. The van der Waals surface area contributed by atoms with Gasteiger partial charge in [-0.1, -0.05) is 6.92 Å². The molecule has 0 saturated heterocycles. The van der Waals surface area contributed by atoms with Gasteiger partial charge in [0.2, 0.25) is 5.91 Å². The van der Waals surface area contributed by atoms with Crippen LogP contribution in [0.4, 0.5) is 0 Å². The number of amides is 1. The van der Waals surface area contributed by atoms with Gasteiger partial charge in [0.05, 0.1) is 0 Å². The van der Waals surface area contributed by atoms with Gasteiger partial charge in [-0.2, -0.15) is 0 Å². The van der Waals surface area contributed by atoms with Crippen LogP contribution in [0.1, 0.15) is 26.7 Å². The summed E-state index contributed by atoms with van der Waals surface area (Å²) in [4.78, 5) is 12.7. The molecule has 0 aliphatic heterocycles. The summed E-state index contributed by atoms with van der Waals surface area (Å²) in [6, 6.07) is 0.535. The van der Waals surface area contributed by atoms with Crippen molar-refractivity contribution in [2.24, 2.45) is 5.92 Å².